The van der Waals surface area contributed by atoms with Crippen molar-refractivity contribution in [1.82, 2.24) is 25.5 Å². The summed E-state index contributed by atoms with van der Waals surface area (Å²) < 4.78 is 13.0. The molecule has 2 N–H and O–H groups in total. The van der Waals surface area contributed by atoms with Crippen molar-refractivity contribution in [1.29, 1.82) is 0 Å². The number of piperidine rings is 1. The van der Waals surface area contributed by atoms with Crippen LogP contribution in [0.4, 0.5) is 10.1 Å². The molecule has 1 aliphatic heterocycles. The number of aromatic amines is 1. The number of carbonyl (C=O) groups is 1. The first-order valence-electron chi connectivity index (χ1n) is 9.76. The minimum Gasteiger partial charge on any atom is -0.325 e. The number of hydrogen-bond acceptors (Lipinski definition) is 5. The molecule has 3 aromatic rings. The van der Waals surface area contributed by atoms with Crippen molar-refractivity contribution in [3.63, 3.8) is 0 Å². The predicted molar refractivity (Wildman–Crippen MR) is 115 cm³/mol. The van der Waals surface area contributed by atoms with Crippen LogP contribution in [0.25, 0.3) is 11.4 Å². The molecule has 0 atom stereocenters. The topological polar surface area (TPSA) is 86.8 Å². The summed E-state index contributed by atoms with van der Waals surface area (Å²) in [6.45, 7) is 2.18. The summed E-state index contributed by atoms with van der Waals surface area (Å²) in [6.07, 6.45) is 3.06. The first kappa shape index (κ1) is 21.9. The lowest BCUT2D eigenvalue weighted by molar-refractivity contribution is -0.117. The van der Waals surface area contributed by atoms with Gasteiger partial charge in [-0.05, 0) is 90.7 Å². The lowest BCUT2D eigenvalue weighted by atomic mass is 9.90. The van der Waals surface area contributed by atoms with Crippen molar-refractivity contribution in [2.45, 2.75) is 19.3 Å². The number of hydrogen-bond donors (Lipinski definition) is 2. The van der Waals surface area contributed by atoms with Gasteiger partial charge < -0.3 is 5.32 Å². The fraction of sp³-hybridized carbons (Fsp3) is 0.333. The number of amides is 1. The van der Waals surface area contributed by atoms with Gasteiger partial charge in [-0.3, -0.25) is 9.69 Å². The van der Waals surface area contributed by atoms with Crippen LogP contribution in [0.3, 0.4) is 0 Å². The normalized spacial score (nSPS) is 14.8. The maximum absolute atomic E-state index is 13.0. The third kappa shape index (κ3) is 5.84. The van der Waals surface area contributed by atoms with E-state index >= 15 is 0 Å². The number of nitrogens with one attached hydrogen (secondary N) is 2. The summed E-state index contributed by atoms with van der Waals surface area (Å²) in [5.74, 6) is 0.958. The van der Waals surface area contributed by atoms with Crippen LogP contribution in [-0.2, 0) is 11.2 Å². The van der Waals surface area contributed by atoms with Crippen LogP contribution in [0, 0.1) is 11.7 Å². The van der Waals surface area contributed by atoms with E-state index in [1.165, 1.54) is 17.7 Å². The maximum atomic E-state index is 13.0. The molecule has 1 aromatic heterocycles. The average Bonchev–Trinajstić information content (AvgIpc) is 3.27. The quantitative estimate of drug-likeness (QED) is 0.626. The minimum atomic E-state index is -0.195. The number of rotatable bonds is 6. The van der Waals surface area contributed by atoms with Gasteiger partial charge in [0.05, 0.1) is 6.54 Å². The second-order valence-corrected chi connectivity index (χ2v) is 7.43. The maximum Gasteiger partial charge on any atom is 0.238 e. The molecule has 30 heavy (non-hydrogen) atoms. The zero-order chi connectivity index (χ0) is 20.1. The first-order valence-corrected chi connectivity index (χ1v) is 9.76. The number of nitrogens with zero attached hydrogens (tertiary/aromatic N) is 4. The number of carbonyl (C=O) groups excluding carboxylic acids is 1. The molecule has 1 fully saturated rings. The number of anilines is 1. The van der Waals surface area contributed by atoms with Gasteiger partial charge in [-0.1, -0.05) is 12.1 Å². The highest BCUT2D eigenvalue weighted by atomic mass is 35.5. The molecular formula is C21H24ClFN6O. The minimum absolute atomic E-state index is 0. The molecular weight excluding hydrogens is 407 g/mol. The molecule has 7 nitrogen and oxygen atoms in total. The van der Waals surface area contributed by atoms with Gasteiger partial charge in [0, 0.05) is 11.3 Å². The van der Waals surface area contributed by atoms with Crippen molar-refractivity contribution in [3.8, 4) is 11.4 Å². The molecule has 0 radical (unpaired) electrons. The van der Waals surface area contributed by atoms with Gasteiger partial charge in [-0.2, -0.15) is 0 Å². The Morgan fingerprint density at radius 3 is 2.43 bits per heavy atom. The monoisotopic (exact) mass is 430 g/mol. The zero-order valence-electron chi connectivity index (χ0n) is 16.4. The SMILES string of the molecule is Cl.O=C(CN1CCC(Cc2ccc(F)cc2)CC1)Nc1ccc(-c2nnn[nH]2)cc1. The van der Waals surface area contributed by atoms with E-state index in [4.69, 9.17) is 0 Å². The molecule has 1 amide bonds. The van der Waals surface area contributed by atoms with Crippen molar-refractivity contribution in [2.75, 3.05) is 25.0 Å². The summed E-state index contributed by atoms with van der Waals surface area (Å²) in [4.78, 5) is 14.6. The average molecular weight is 431 g/mol. The Balaban J connectivity index is 0.00000256. The van der Waals surface area contributed by atoms with E-state index in [1.807, 2.05) is 36.4 Å². The lowest BCUT2D eigenvalue weighted by Gasteiger charge is -2.31. The summed E-state index contributed by atoms with van der Waals surface area (Å²) >= 11 is 0. The smallest absolute Gasteiger partial charge is 0.238 e. The third-order valence-corrected chi connectivity index (χ3v) is 5.30. The van der Waals surface area contributed by atoms with Crippen LogP contribution >= 0.6 is 12.4 Å². The molecule has 0 aliphatic carbocycles. The Kier molecular flexibility index (Phi) is 7.48. The van der Waals surface area contributed by atoms with Crippen LogP contribution in [0.15, 0.2) is 48.5 Å². The number of likely N-dealkylation sites (tertiary alicyclic amines) is 1. The fourth-order valence-corrected chi connectivity index (χ4v) is 3.70. The van der Waals surface area contributed by atoms with Gasteiger partial charge in [0.25, 0.3) is 0 Å². The molecule has 1 saturated heterocycles. The molecule has 0 bridgehead atoms. The van der Waals surface area contributed by atoms with E-state index in [1.54, 1.807) is 0 Å². The Morgan fingerprint density at radius 2 is 1.80 bits per heavy atom. The molecule has 0 spiro atoms. The number of aromatic nitrogens is 4. The number of benzene rings is 2. The van der Waals surface area contributed by atoms with Gasteiger partial charge in [0.1, 0.15) is 5.82 Å². The molecule has 4 rings (SSSR count). The second-order valence-electron chi connectivity index (χ2n) is 7.43. The van der Waals surface area contributed by atoms with Crippen LogP contribution in [0.2, 0.25) is 0 Å². The highest BCUT2D eigenvalue weighted by Gasteiger charge is 2.21. The zero-order valence-corrected chi connectivity index (χ0v) is 17.2. The van der Waals surface area contributed by atoms with Gasteiger partial charge in [0.15, 0.2) is 5.82 Å². The Morgan fingerprint density at radius 1 is 1.10 bits per heavy atom. The van der Waals surface area contributed by atoms with E-state index in [-0.39, 0.29) is 24.1 Å². The van der Waals surface area contributed by atoms with Gasteiger partial charge in [-0.25, -0.2) is 9.49 Å². The van der Waals surface area contributed by atoms with E-state index in [2.05, 4.69) is 30.8 Å². The van der Waals surface area contributed by atoms with Gasteiger partial charge >= 0.3 is 0 Å². The lowest BCUT2D eigenvalue weighted by Crippen LogP contribution is -2.39. The van der Waals surface area contributed by atoms with Crippen molar-refractivity contribution in [3.05, 3.63) is 59.9 Å². The predicted octanol–water partition coefficient (Wildman–Crippen LogP) is 3.32. The van der Waals surface area contributed by atoms with Crippen molar-refractivity contribution >= 4 is 24.0 Å². The molecule has 2 heterocycles. The molecule has 2 aromatic carbocycles. The number of tetrazole rings is 1. The molecule has 9 heteroatoms. The van der Waals surface area contributed by atoms with Crippen molar-refractivity contribution in [2.24, 2.45) is 5.92 Å². The summed E-state index contributed by atoms with van der Waals surface area (Å²) in [5.41, 5.74) is 2.78. The summed E-state index contributed by atoms with van der Waals surface area (Å²) in [6, 6.07) is 14.2. The molecule has 0 unspecified atom stereocenters. The number of halogens is 2. The highest BCUT2D eigenvalue weighted by Crippen LogP contribution is 2.22. The van der Waals surface area contributed by atoms with Crippen LogP contribution < -0.4 is 5.32 Å². The Hall–Kier alpha value is -2.84. The molecule has 1 aliphatic rings. The number of H-pyrrole nitrogens is 1. The fourth-order valence-electron chi connectivity index (χ4n) is 3.70. The Bertz CT molecular complexity index is 925. The van der Waals surface area contributed by atoms with Crippen LogP contribution in [-0.4, -0.2) is 51.1 Å². The van der Waals surface area contributed by atoms with E-state index in [0.29, 0.717) is 18.3 Å². The summed E-state index contributed by atoms with van der Waals surface area (Å²) in [7, 11) is 0. The van der Waals surface area contributed by atoms with Crippen molar-refractivity contribution < 1.29 is 9.18 Å². The third-order valence-electron chi connectivity index (χ3n) is 5.30. The second kappa shape index (κ2) is 10.3. The van der Waals surface area contributed by atoms with Crippen LogP contribution in [0.1, 0.15) is 18.4 Å². The van der Waals surface area contributed by atoms with E-state index in [0.717, 1.165) is 43.6 Å². The van der Waals surface area contributed by atoms with E-state index < -0.39 is 0 Å². The van der Waals surface area contributed by atoms with Crippen LogP contribution in [0.5, 0.6) is 0 Å². The van der Waals surface area contributed by atoms with E-state index in [9.17, 15) is 9.18 Å². The molecule has 0 saturated carbocycles. The highest BCUT2D eigenvalue weighted by molar-refractivity contribution is 5.92. The first-order chi connectivity index (χ1) is 14.2. The van der Waals surface area contributed by atoms with Gasteiger partial charge in [0.2, 0.25) is 5.91 Å². The standard InChI is InChI=1S/C21H23FN6O.ClH/c22-18-5-1-15(2-6-18)13-16-9-11-28(12-10-16)14-20(29)23-19-7-3-17(4-8-19)21-24-26-27-25-21;/h1-8,16H,9-14H2,(H,23,29)(H,24,25,26,27);1H. The largest absolute Gasteiger partial charge is 0.325 e. The molecule has 158 valence electrons. The Labute approximate surface area is 180 Å². The van der Waals surface area contributed by atoms with Gasteiger partial charge in [-0.15, -0.1) is 17.5 Å². The summed E-state index contributed by atoms with van der Waals surface area (Å²) in [5, 5.41) is 16.6.